The number of hydrogen-bond acceptors (Lipinski definition) is 9. The van der Waals surface area contributed by atoms with Crippen molar-refractivity contribution in [2.24, 2.45) is 17.6 Å². The van der Waals surface area contributed by atoms with Crippen molar-refractivity contribution in [3.8, 4) is 0 Å². The van der Waals surface area contributed by atoms with Crippen molar-refractivity contribution >= 4 is 33.5 Å². The molecule has 0 spiro atoms. The largest absolute Gasteiger partial charge is 0.464 e. The predicted molar refractivity (Wildman–Crippen MR) is 145 cm³/mol. The second-order valence-electron chi connectivity index (χ2n) is 9.89. The summed E-state index contributed by atoms with van der Waals surface area (Å²) in [7, 11) is 3.67. The van der Waals surface area contributed by atoms with Gasteiger partial charge in [-0.2, -0.15) is 4.98 Å². The SMILES string of the molecule is CC(C)C(NC(=O)OC(C)(C)C)C(=O)OCC1C/C1=C/n1cc(F)c(N)nc1=O.CCC(C)N.COP. The normalized spacial score (nSPS) is 17.0. The third-order valence-electron chi connectivity index (χ3n) is 4.75. The van der Waals surface area contributed by atoms with Crippen LogP contribution in [0.5, 0.6) is 0 Å². The van der Waals surface area contributed by atoms with E-state index >= 15 is 0 Å². The van der Waals surface area contributed by atoms with Crippen LogP contribution in [-0.4, -0.2) is 53.0 Å². The molecule has 37 heavy (non-hydrogen) atoms. The van der Waals surface area contributed by atoms with Crippen molar-refractivity contribution in [1.29, 1.82) is 0 Å². The number of carbonyl (C=O) groups is 2. The number of anilines is 1. The zero-order chi connectivity index (χ0) is 28.9. The molecular weight excluding hydrogens is 504 g/mol. The van der Waals surface area contributed by atoms with Crippen molar-refractivity contribution in [1.82, 2.24) is 14.9 Å². The Hall–Kier alpha value is -2.56. The van der Waals surface area contributed by atoms with Crippen LogP contribution in [0.3, 0.4) is 0 Å². The number of ether oxygens (including phenoxy) is 2. The van der Waals surface area contributed by atoms with Crippen LogP contribution in [0.15, 0.2) is 16.6 Å². The van der Waals surface area contributed by atoms with Crippen LogP contribution in [0.1, 0.15) is 61.3 Å². The second-order valence-corrected chi connectivity index (χ2v) is 10.4. The van der Waals surface area contributed by atoms with Gasteiger partial charge < -0.3 is 30.8 Å². The first-order valence-corrected chi connectivity index (χ1v) is 12.4. The lowest BCUT2D eigenvalue weighted by molar-refractivity contribution is -0.147. The van der Waals surface area contributed by atoms with Crippen molar-refractivity contribution in [2.45, 2.75) is 79.0 Å². The highest BCUT2D eigenvalue weighted by molar-refractivity contribution is 7.09. The number of nitrogen functional groups attached to an aromatic ring is 1. The number of amides is 1. The number of rotatable bonds is 7. The van der Waals surface area contributed by atoms with Gasteiger partial charge in [-0.1, -0.05) is 20.8 Å². The van der Waals surface area contributed by atoms with Gasteiger partial charge in [-0.15, -0.1) is 0 Å². The number of nitrogens with two attached hydrogens (primary N) is 2. The molecule has 4 unspecified atom stereocenters. The molecule has 1 saturated carbocycles. The average Bonchev–Trinajstić information content (AvgIpc) is 3.51. The number of nitrogens with zero attached hydrogens (tertiary/aromatic N) is 2. The molecule has 0 aliphatic heterocycles. The third kappa shape index (κ3) is 14.7. The molecule has 1 aromatic heterocycles. The standard InChI is InChI=1S/C19H27FN4O5.C4H11N.CH5OP/c1-10(2)14(22-18(27)29-19(3,4)5)16(25)28-9-12-6-11(12)7-24-8-13(20)15(21)23-17(24)26;1-3-4(2)5;1-2-3/h7-8,10,12,14H,6,9H2,1-5H3,(H,22,27)(H2,21,23,26);4H,3,5H2,1-2H3;3H2,1H3/b11-7-;;. The molecule has 11 nitrogen and oxygen atoms in total. The first kappa shape index (κ1) is 34.4. The van der Waals surface area contributed by atoms with Crippen LogP contribution in [-0.2, 0) is 18.8 Å². The number of esters is 1. The topological polar surface area (TPSA) is 161 Å². The van der Waals surface area contributed by atoms with E-state index in [-0.39, 0.29) is 18.4 Å². The molecule has 0 aromatic carbocycles. The molecule has 4 atom stereocenters. The predicted octanol–water partition coefficient (Wildman–Crippen LogP) is 3.08. The highest BCUT2D eigenvalue weighted by atomic mass is 31.0. The van der Waals surface area contributed by atoms with E-state index < -0.39 is 41.0 Å². The van der Waals surface area contributed by atoms with Gasteiger partial charge in [0.15, 0.2) is 11.6 Å². The molecule has 5 N–H and O–H groups in total. The maximum atomic E-state index is 13.5. The summed E-state index contributed by atoms with van der Waals surface area (Å²) in [6, 6.07) is -0.468. The molecule has 1 heterocycles. The quantitative estimate of drug-likeness (QED) is 0.344. The maximum Gasteiger partial charge on any atom is 0.408 e. The number of hydrogen-bond donors (Lipinski definition) is 3. The lowest BCUT2D eigenvalue weighted by Crippen LogP contribution is -2.47. The lowest BCUT2D eigenvalue weighted by atomic mass is 10.1. The van der Waals surface area contributed by atoms with Crippen LogP contribution in [0, 0.1) is 17.7 Å². The average molecular weight is 548 g/mol. The first-order chi connectivity index (χ1) is 17.1. The molecule has 0 radical (unpaired) electrons. The van der Waals surface area contributed by atoms with Crippen molar-refractivity contribution < 1.29 is 28.0 Å². The minimum absolute atomic E-state index is 0.0826. The molecule has 1 aromatic rings. The zero-order valence-corrected chi connectivity index (χ0v) is 24.2. The van der Waals surface area contributed by atoms with Crippen LogP contribution >= 0.6 is 9.47 Å². The Labute approximate surface area is 220 Å². The van der Waals surface area contributed by atoms with E-state index in [1.807, 2.05) is 6.92 Å². The van der Waals surface area contributed by atoms with Crippen molar-refractivity contribution in [3.05, 3.63) is 28.1 Å². The van der Waals surface area contributed by atoms with Gasteiger partial charge >= 0.3 is 17.8 Å². The Balaban J connectivity index is 0.00000142. The van der Waals surface area contributed by atoms with Gasteiger partial charge in [-0.05, 0) is 61.5 Å². The highest BCUT2D eigenvalue weighted by Gasteiger charge is 2.34. The maximum absolute atomic E-state index is 13.5. The van der Waals surface area contributed by atoms with Crippen molar-refractivity contribution in [3.63, 3.8) is 0 Å². The molecule has 1 aliphatic rings. The molecule has 0 saturated heterocycles. The second kappa shape index (κ2) is 16.3. The Morgan fingerprint density at radius 3 is 2.35 bits per heavy atom. The molecule has 2 rings (SSSR count). The van der Waals surface area contributed by atoms with Gasteiger partial charge in [0.1, 0.15) is 11.6 Å². The van der Waals surface area contributed by atoms with E-state index in [0.717, 1.165) is 22.8 Å². The summed E-state index contributed by atoms with van der Waals surface area (Å²) >= 11 is 0. The molecule has 1 amide bonds. The van der Waals surface area contributed by atoms with Crippen LogP contribution in [0.25, 0.3) is 6.20 Å². The Kier molecular flexibility index (Phi) is 15.2. The Morgan fingerprint density at radius 1 is 1.35 bits per heavy atom. The van der Waals surface area contributed by atoms with Gasteiger partial charge in [0, 0.05) is 25.3 Å². The van der Waals surface area contributed by atoms with Crippen molar-refractivity contribution in [2.75, 3.05) is 19.5 Å². The third-order valence-corrected chi connectivity index (χ3v) is 4.75. The number of alkyl carbamates (subject to hydrolysis) is 1. The van der Waals surface area contributed by atoms with Gasteiger partial charge in [-0.25, -0.2) is 18.8 Å². The number of halogens is 1. The highest BCUT2D eigenvalue weighted by Crippen LogP contribution is 2.38. The van der Waals surface area contributed by atoms with E-state index in [4.69, 9.17) is 20.9 Å². The van der Waals surface area contributed by atoms with Crippen LogP contribution < -0.4 is 22.5 Å². The zero-order valence-electron chi connectivity index (χ0n) is 23.0. The van der Waals surface area contributed by atoms with E-state index in [9.17, 15) is 18.8 Å². The van der Waals surface area contributed by atoms with E-state index in [2.05, 4.69) is 31.2 Å². The summed E-state index contributed by atoms with van der Waals surface area (Å²) in [6.45, 7) is 12.9. The minimum atomic E-state index is -0.853. The molecule has 1 fully saturated rings. The lowest BCUT2D eigenvalue weighted by Gasteiger charge is -2.24. The van der Waals surface area contributed by atoms with Gasteiger partial charge in [-0.3, -0.25) is 4.57 Å². The molecule has 13 heteroatoms. The smallest absolute Gasteiger partial charge is 0.408 e. The minimum Gasteiger partial charge on any atom is -0.464 e. The van der Waals surface area contributed by atoms with Crippen LogP contribution in [0.4, 0.5) is 15.0 Å². The fraction of sp³-hybridized carbons (Fsp3) is 0.667. The molecule has 1 aliphatic carbocycles. The number of aromatic nitrogens is 2. The first-order valence-electron chi connectivity index (χ1n) is 11.9. The Bertz CT molecular complexity index is 962. The Morgan fingerprint density at radius 2 is 1.89 bits per heavy atom. The van der Waals surface area contributed by atoms with Gasteiger partial charge in [0.05, 0.1) is 12.8 Å². The van der Waals surface area contributed by atoms with Gasteiger partial charge in [0.25, 0.3) is 0 Å². The summed E-state index contributed by atoms with van der Waals surface area (Å²) in [5.41, 5.74) is 9.98. The number of carbonyl (C=O) groups excluding carboxylic acids is 2. The fourth-order valence-corrected chi connectivity index (χ4v) is 2.48. The monoisotopic (exact) mass is 547 g/mol. The van der Waals surface area contributed by atoms with E-state index in [0.29, 0.717) is 12.5 Å². The van der Waals surface area contributed by atoms with E-state index in [1.165, 1.54) is 6.20 Å². The molecule has 212 valence electrons. The summed E-state index contributed by atoms with van der Waals surface area (Å²) in [4.78, 5) is 39.4. The summed E-state index contributed by atoms with van der Waals surface area (Å²) < 4.78 is 29.1. The summed E-state index contributed by atoms with van der Waals surface area (Å²) in [5.74, 6) is -2.11. The molecule has 0 bridgehead atoms. The number of nitrogens with one attached hydrogen (secondary N) is 1. The van der Waals surface area contributed by atoms with E-state index in [1.54, 1.807) is 41.7 Å². The fourth-order valence-electron chi connectivity index (χ4n) is 2.48. The summed E-state index contributed by atoms with van der Waals surface area (Å²) in [5, 5.41) is 2.53. The summed E-state index contributed by atoms with van der Waals surface area (Å²) in [6.07, 6.45) is 3.39. The molecular formula is C24H43FN5O6P. The van der Waals surface area contributed by atoms with Gasteiger partial charge in [0.2, 0.25) is 0 Å². The van der Waals surface area contributed by atoms with Crippen LogP contribution in [0.2, 0.25) is 0 Å².